The molecule has 0 aromatic heterocycles. The van der Waals surface area contributed by atoms with Gasteiger partial charge in [-0.3, -0.25) is 4.79 Å². The van der Waals surface area contributed by atoms with Crippen LogP contribution in [0.5, 0.6) is 17.2 Å². The summed E-state index contributed by atoms with van der Waals surface area (Å²) in [6.07, 6.45) is 0. The van der Waals surface area contributed by atoms with Crippen molar-refractivity contribution < 1.29 is 19.0 Å². The van der Waals surface area contributed by atoms with E-state index in [4.69, 9.17) is 14.2 Å². The summed E-state index contributed by atoms with van der Waals surface area (Å²) in [5.41, 5.74) is 1.03. The number of nitrogens with zero attached hydrogens (tertiary/aromatic N) is 1. The van der Waals surface area contributed by atoms with Crippen LogP contribution in [0.2, 0.25) is 0 Å². The van der Waals surface area contributed by atoms with Gasteiger partial charge in [0.15, 0.2) is 6.61 Å². The van der Waals surface area contributed by atoms with Crippen LogP contribution in [-0.2, 0) is 4.79 Å². The maximum Gasteiger partial charge on any atom is 0.260 e. The van der Waals surface area contributed by atoms with Gasteiger partial charge in [-0.1, -0.05) is 12.1 Å². The van der Waals surface area contributed by atoms with Crippen molar-refractivity contribution in [2.24, 2.45) is 0 Å². The van der Waals surface area contributed by atoms with Gasteiger partial charge in [-0.05, 0) is 55.8 Å². The first-order valence-electron chi connectivity index (χ1n) is 8.29. The van der Waals surface area contributed by atoms with E-state index in [1.165, 1.54) is 0 Å². The molecule has 0 N–H and O–H groups in total. The molecule has 0 saturated heterocycles. The van der Waals surface area contributed by atoms with Gasteiger partial charge >= 0.3 is 0 Å². The summed E-state index contributed by atoms with van der Waals surface area (Å²) >= 11 is 0. The fourth-order valence-corrected chi connectivity index (χ4v) is 2.65. The number of rotatable bonds is 8. The van der Waals surface area contributed by atoms with E-state index in [1.54, 1.807) is 43.4 Å². The van der Waals surface area contributed by atoms with Crippen LogP contribution in [-0.4, -0.2) is 38.2 Å². The Bertz CT molecular complexity index is 684. The highest BCUT2D eigenvalue weighted by Crippen LogP contribution is 2.24. The Morgan fingerprint density at radius 2 is 1.64 bits per heavy atom. The Balaban J connectivity index is 2.01. The van der Waals surface area contributed by atoms with E-state index in [0.717, 1.165) is 17.1 Å². The molecule has 0 fully saturated rings. The first-order chi connectivity index (χ1) is 12.1. The lowest BCUT2D eigenvalue weighted by Crippen LogP contribution is -2.36. The van der Waals surface area contributed by atoms with Crippen molar-refractivity contribution in [3.63, 3.8) is 0 Å². The van der Waals surface area contributed by atoms with E-state index in [1.807, 2.05) is 38.1 Å². The zero-order valence-electron chi connectivity index (χ0n) is 15.2. The van der Waals surface area contributed by atoms with E-state index >= 15 is 0 Å². The Morgan fingerprint density at radius 3 is 2.24 bits per heavy atom. The standard InChI is InChI=1S/C20H25NO4/c1-5-21(15(2)16-7-6-8-19(13-16)24-4)20(22)14-25-18-11-9-17(23-3)10-12-18/h6-13,15H,5,14H2,1-4H3. The summed E-state index contributed by atoms with van der Waals surface area (Å²) < 4.78 is 16.0. The van der Waals surface area contributed by atoms with Gasteiger partial charge in [-0.2, -0.15) is 0 Å². The second-order valence-electron chi connectivity index (χ2n) is 5.60. The molecule has 0 aliphatic carbocycles. The summed E-state index contributed by atoms with van der Waals surface area (Å²) in [4.78, 5) is 14.4. The molecule has 0 aliphatic rings. The van der Waals surface area contributed by atoms with Crippen LogP contribution in [0.3, 0.4) is 0 Å². The third-order valence-corrected chi connectivity index (χ3v) is 4.13. The zero-order chi connectivity index (χ0) is 18.2. The van der Waals surface area contributed by atoms with Gasteiger partial charge in [0.05, 0.1) is 20.3 Å². The van der Waals surface area contributed by atoms with Gasteiger partial charge in [-0.15, -0.1) is 0 Å². The minimum atomic E-state index is -0.0629. The Labute approximate surface area is 149 Å². The third-order valence-electron chi connectivity index (χ3n) is 4.13. The molecule has 1 amide bonds. The van der Waals surface area contributed by atoms with Crippen LogP contribution in [0.25, 0.3) is 0 Å². The third kappa shape index (κ3) is 4.89. The monoisotopic (exact) mass is 343 g/mol. The predicted molar refractivity (Wildman–Crippen MR) is 97.3 cm³/mol. The minimum absolute atomic E-state index is 0.00548. The van der Waals surface area contributed by atoms with Crippen LogP contribution in [0.4, 0.5) is 0 Å². The average molecular weight is 343 g/mol. The number of amides is 1. The molecule has 1 atom stereocenters. The molecule has 5 heteroatoms. The highest BCUT2D eigenvalue weighted by Gasteiger charge is 2.20. The van der Waals surface area contributed by atoms with E-state index in [-0.39, 0.29) is 18.6 Å². The fraction of sp³-hybridized carbons (Fsp3) is 0.350. The van der Waals surface area contributed by atoms with Crippen LogP contribution >= 0.6 is 0 Å². The molecule has 0 heterocycles. The normalized spacial score (nSPS) is 11.5. The molecule has 2 aromatic carbocycles. The van der Waals surface area contributed by atoms with Crippen molar-refractivity contribution in [3.8, 4) is 17.2 Å². The quantitative estimate of drug-likeness (QED) is 0.733. The van der Waals surface area contributed by atoms with Crippen LogP contribution in [0.15, 0.2) is 48.5 Å². The molecule has 0 saturated carbocycles. The smallest absolute Gasteiger partial charge is 0.260 e. The SMILES string of the molecule is CCN(C(=O)COc1ccc(OC)cc1)C(C)c1cccc(OC)c1. The molecule has 0 aliphatic heterocycles. The molecule has 25 heavy (non-hydrogen) atoms. The molecule has 1 unspecified atom stereocenters. The van der Waals surface area contributed by atoms with Crippen molar-refractivity contribution in [1.29, 1.82) is 0 Å². The minimum Gasteiger partial charge on any atom is -0.497 e. The number of hydrogen-bond donors (Lipinski definition) is 0. The van der Waals surface area contributed by atoms with Gasteiger partial charge in [-0.25, -0.2) is 0 Å². The van der Waals surface area contributed by atoms with Crippen molar-refractivity contribution >= 4 is 5.91 Å². The number of benzene rings is 2. The summed E-state index contributed by atoms with van der Waals surface area (Å²) in [7, 11) is 3.24. The highest BCUT2D eigenvalue weighted by atomic mass is 16.5. The van der Waals surface area contributed by atoms with E-state index in [0.29, 0.717) is 12.3 Å². The Kier molecular flexibility index (Phi) is 6.69. The van der Waals surface area contributed by atoms with Crippen molar-refractivity contribution in [1.82, 2.24) is 4.90 Å². The topological polar surface area (TPSA) is 48.0 Å². The van der Waals surface area contributed by atoms with Crippen LogP contribution < -0.4 is 14.2 Å². The highest BCUT2D eigenvalue weighted by molar-refractivity contribution is 5.78. The number of carbonyl (C=O) groups excluding carboxylic acids is 1. The van der Waals surface area contributed by atoms with Gasteiger partial charge in [0.1, 0.15) is 17.2 Å². The maximum absolute atomic E-state index is 12.6. The molecular formula is C20H25NO4. The molecular weight excluding hydrogens is 318 g/mol. The van der Waals surface area contributed by atoms with Crippen molar-refractivity contribution in [2.75, 3.05) is 27.4 Å². The second-order valence-corrected chi connectivity index (χ2v) is 5.60. The van der Waals surface area contributed by atoms with Gasteiger partial charge in [0.25, 0.3) is 5.91 Å². The van der Waals surface area contributed by atoms with Gasteiger partial charge in [0, 0.05) is 6.54 Å². The molecule has 0 radical (unpaired) electrons. The fourth-order valence-electron chi connectivity index (χ4n) is 2.65. The first-order valence-corrected chi connectivity index (χ1v) is 8.29. The summed E-state index contributed by atoms with van der Waals surface area (Å²) in [5.74, 6) is 2.11. The number of carbonyl (C=O) groups is 1. The van der Waals surface area contributed by atoms with Crippen molar-refractivity contribution in [3.05, 3.63) is 54.1 Å². The Hall–Kier alpha value is -2.69. The molecule has 0 bridgehead atoms. The molecule has 0 spiro atoms. The lowest BCUT2D eigenvalue weighted by atomic mass is 10.1. The lowest BCUT2D eigenvalue weighted by Gasteiger charge is -2.28. The van der Waals surface area contributed by atoms with Crippen LogP contribution in [0, 0.1) is 0 Å². The van der Waals surface area contributed by atoms with E-state index < -0.39 is 0 Å². The molecule has 134 valence electrons. The lowest BCUT2D eigenvalue weighted by molar-refractivity contribution is -0.135. The maximum atomic E-state index is 12.6. The van der Waals surface area contributed by atoms with Crippen LogP contribution in [0.1, 0.15) is 25.5 Å². The molecule has 2 aromatic rings. The number of hydrogen-bond acceptors (Lipinski definition) is 4. The summed E-state index contributed by atoms with van der Waals surface area (Å²) in [5, 5.41) is 0. The Morgan fingerprint density at radius 1 is 1.00 bits per heavy atom. The van der Waals surface area contributed by atoms with Crippen molar-refractivity contribution in [2.45, 2.75) is 19.9 Å². The number of methoxy groups -OCH3 is 2. The number of likely N-dealkylation sites (N-methyl/N-ethyl adjacent to an activating group) is 1. The number of ether oxygens (including phenoxy) is 3. The summed E-state index contributed by atoms with van der Waals surface area (Å²) in [6.45, 7) is 4.56. The second kappa shape index (κ2) is 8.97. The van der Waals surface area contributed by atoms with Gasteiger partial charge < -0.3 is 19.1 Å². The molecule has 2 rings (SSSR count). The largest absolute Gasteiger partial charge is 0.497 e. The van der Waals surface area contributed by atoms with E-state index in [9.17, 15) is 4.79 Å². The average Bonchev–Trinajstić information content (AvgIpc) is 2.67. The van der Waals surface area contributed by atoms with E-state index in [2.05, 4.69) is 0 Å². The zero-order valence-corrected chi connectivity index (χ0v) is 15.2. The summed E-state index contributed by atoms with van der Waals surface area (Å²) in [6, 6.07) is 14.9. The molecule has 5 nitrogen and oxygen atoms in total. The first kappa shape index (κ1) is 18.6. The van der Waals surface area contributed by atoms with Gasteiger partial charge in [0.2, 0.25) is 0 Å². The predicted octanol–water partition coefficient (Wildman–Crippen LogP) is 3.69.